The fourth-order valence-electron chi connectivity index (χ4n) is 4.28. The molecule has 9 nitrogen and oxygen atoms in total. The maximum Gasteiger partial charge on any atom is 0.362 e. The van der Waals surface area contributed by atoms with E-state index in [1.54, 1.807) is 19.1 Å². The highest BCUT2D eigenvalue weighted by atomic mass is 31.2. The number of aromatic nitrogens is 3. The van der Waals surface area contributed by atoms with Gasteiger partial charge in [-0.25, -0.2) is 9.54 Å². The second kappa shape index (κ2) is 11.2. The molecule has 0 atom stereocenters. The first-order chi connectivity index (χ1) is 19.0. The molecule has 0 N–H and O–H groups in total. The summed E-state index contributed by atoms with van der Waals surface area (Å²) in [5, 5.41) is 22.5. The fourth-order valence-corrected chi connectivity index (χ4v) is 7.80. The molecular weight excluding hydrogens is 513 g/mol. The van der Waals surface area contributed by atoms with Gasteiger partial charge < -0.3 is 4.74 Å². The Bertz CT molecular complexity index is 1550. The first-order valence-electron chi connectivity index (χ1n) is 12.2. The molecule has 0 spiro atoms. The van der Waals surface area contributed by atoms with Crippen LogP contribution in [0.3, 0.4) is 0 Å². The van der Waals surface area contributed by atoms with Crippen molar-refractivity contribution < 1.29 is 14.5 Å². The molecule has 1 heterocycles. The average molecular weight is 538 g/mol. The molecule has 5 aromatic rings. The predicted octanol–water partition coefficient (Wildman–Crippen LogP) is 5.16. The number of rotatable bonds is 8. The number of nitrogens with zero attached hydrogens (tertiary/aromatic N) is 5. The van der Waals surface area contributed by atoms with Gasteiger partial charge in [-0.05, 0) is 19.1 Å². The lowest BCUT2D eigenvalue weighted by atomic mass is 10.3. The first-order valence-corrected chi connectivity index (χ1v) is 14.0. The normalized spacial score (nSPS) is 11.1. The lowest BCUT2D eigenvalue weighted by molar-refractivity contribution is -0.384. The molecule has 10 heteroatoms. The Kier molecular flexibility index (Phi) is 7.43. The molecule has 0 saturated heterocycles. The summed E-state index contributed by atoms with van der Waals surface area (Å²) in [6, 6.07) is 35.6. The molecule has 0 unspecified atom stereocenters. The molecule has 0 aliphatic heterocycles. The molecule has 194 valence electrons. The molecule has 5 rings (SSSR count). The van der Waals surface area contributed by atoms with Gasteiger partial charge >= 0.3 is 5.97 Å². The molecule has 0 amide bonds. The summed E-state index contributed by atoms with van der Waals surface area (Å²) < 4.78 is 12.2. The third-order valence-electron chi connectivity index (χ3n) is 6.05. The zero-order valence-electron chi connectivity index (χ0n) is 21.0. The van der Waals surface area contributed by atoms with E-state index in [2.05, 4.69) is 10.3 Å². The molecule has 0 bridgehead atoms. The molecule has 1 aromatic heterocycles. The van der Waals surface area contributed by atoms with Crippen molar-refractivity contribution in [3.8, 4) is 5.69 Å². The Labute approximate surface area is 224 Å². The van der Waals surface area contributed by atoms with Crippen LogP contribution in [0.5, 0.6) is 0 Å². The van der Waals surface area contributed by atoms with Crippen molar-refractivity contribution in [2.45, 2.75) is 6.92 Å². The smallest absolute Gasteiger partial charge is 0.362 e. The van der Waals surface area contributed by atoms with Gasteiger partial charge in [-0.1, -0.05) is 96.2 Å². The van der Waals surface area contributed by atoms with Crippen LogP contribution in [0.25, 0.3) is 5.69 Å². The standard InChI is InChI=1S/C29H24N5O4P/c1-2-38-29(35)27-28(33(32-30-27)22-18-20-23(21-19-22)34(36)37)31-39(24-12-6-3-7-13-24,25-14-8-4-9-15-25)26-16-10-5-11-17-26/h3-21H,2H2,1H3. The Hall–Kier alpha value is -4.88. The highest BCUT2D eigenvalue weighted by molar-refractivity contribution is 7.87. The molecule has 0 radical (unpaired) electrons. The molecule has 0 saturated carbocycles. The van der Waals surface area contributed by atoms with Gasteiger partial charge in [-0.3, -0.25) is 10.1 Å². The molecule has 0 fully saturated rings. The van der Waals surface area contributed by atoms with E-state index < -0.39 is 17.9 Å². The Balaban J connectivity index is 1.89. The third kappa shape index (κ3) is 5.00. The van der Waals surface area contributed by atoms with Crippen LogP contribution in [0.1, 0.15) is 17.4 Å². The van der Waals surface area contributed by atoms with E-state index in [1.165, 1.54) is 16.8 Å². The van der Waals surface area contributed by atoms with E-state index in [-0.39, 0.29) is 23.8 Å². The van der Waals surface area contributed by atoms with Gasteiger partial charge in [0.1, 0.15) is 0 Å². The number of ether oxygens (including phenoxy) is 1. The van der Waals surface area contributed by atoms with Crippen LogP contribution in [0.2, 0.25) is 0 Å². The number of esters is 1. The molecule has 39 heavy (non-hydrogen) atoms. The minimum atomic E-state index is -2.79. The summed E-state index contributed by atoms with van der Waals surface area (Å²) in [5.41, 5.74) is 0.361. The summed E-state index contributed by atoms with van der Waals surface area (Å²) in [4.78, 5) is 23.8. The van der Waals surface area contributed by atoms with Gasteiger partial charge in [0.15, 0.2) is 5.82 Å². The van der Waals surface area contributed by atoms with Crippen molar-refractivity contribution in [3.05, 3.63) is 131 Å². The van der Waals surface area contributed by atoms with Crippen molar-refractivity contribution >= 4 is 40.4 Å². The Morgan fingerprint density at radius 3 is 1.77 bits per heavy atom. The summed E-state index contributed by atoms with van der Waals surface area (Å²) in [5.74, 6) is -0.455. The number of benzene rings is 4. The third-order valence-corrected chi connectivity index (χ3v) is 9.68. The average Bonchev–Trinajstić information content (AvgIpc) is 3.41. The number of nitro benzene ring substituents is 1. The van der Waals surface area contributed by atoms with Gasteiger partial charge in [-0.15, -0.1) is 5.10 Å². The van der Waals surface area contributed by atoms with E-state index in [0.29, 0.717) is 5.69 Å². The molecule has 0 aliphatic rings. The van der Waals surface area contributed by atoms with Crippen LogP contribution in [0, 0.1) is 10.1 Å². The van der Waals surface area contributed by atoms with E-state index in [4.69, 9.17) is 9.48 Å². The van der Waals surface area contributed by atoms with Crippen LogP contribution in [-0.4, -0.2) is 32.5 Å². The summed E-state index contributed by atoms with van der Waals surface area (Å²) in [7, 11) is -2.79. The monoisotopic (exact) mass is 537 g/mol. The molecule has 4 aromatic carbocycles. The highest BCUT2D eigenvalue weighted by Crippen LogP contribution is 2.49. The van der Waals surface area contributed by atoms with Crippen LogP contribution in [0.15, 0.2) is 120 Å². The van der Waals surface area contributed by atoms with Gasteiger partial charge in [0.25, 0.3) is 5.69 Å². The largest absolute Gasteiger partial charge is 0.461 e. The molecular formula is C29H24N5O4P. The van der Waals surface area contributed by atoms with Crippen LogP contribution >= 0.6 is 7.05 Å². The maximum absolute atomic E-state index is 13.1. The van der Waals surface area contributed by atoms with Crippen molar-refractivity contribution in [1.29, 1.82) is 0 Å². The van der Waals surface area contributed by atoms with E-state index in [0.717, 1.165) is 15.9 Å². The van der Waals surface area contributed by atoms with Crippen molar-refractivity contribution in [3.63, 3.8) is 0 Å². The Morgan fingerprint density at radius 2 is 1.33 bits per heavy atom. The summed E-state index contributed by atoms with van der Waals surface area (Å²) in [6.07, 6.45) is 0. The summed E-state index contributed by atoms with van der Waals surface area (Å²) >= 11 is 0. The lowest BCUT2D eigenvalue weighted by Crippen LogP contribution is -2.25. The Morgan fingerprint density at radius 1 is 0.846 bits per heavy atom. The van der Waals surface area contributed by atoms with Crippen molar-refractivity contribution in [2.75, 3.05) is 6.61 Å². The van der Waals surface area contributed by atoms with Crippen molar-refractivity contribution in [2.24, 2.45) is 4.74 Å². The number of hydrogen-bond donors (Lipinski definition) is 0. The number of carbonyl (C=O) groups is 1. The quantitative estimate of drug-likeness (QED) is 0.117. The van der Waals surface area contributed by atoms with E-state index in [9.17, 15) is 14.9 Å². The summed E-state index contributed by atoms with van der Waals surface area (Å²) in [6.45, 7) is 1.86. The van der Waals surface area contributed by atoms with Gasteiger partial charge in [0, 0.05) is 28.0 Å². The lowest BCUT2D eigenvalue weighted by Gasteiger charge is -2.27. The highest BCUT2D eigenvalue weighted by Gasteiger charge is 2.31. The van der Waals surface area contributed by atoms with E-state index in [1.807, 2.05) is 91.0 Å². The minimum Gasteiger partial charge on any atom is -0.461 e. The topological polar surface area (TPSA) is 113 Å². The number of carbonyl (C=O) groups excluding carboxylic acids is 1. The van der Waals surface area contributed by atoms with E-state index >= 15 is 0 Å². The van der Waals surface area contributed by atoms with Crippen molar-refractivity contribution in [1.82, 2.24) is 15.0 Å². The zero-order chi connectivity index (χ0) is 27.2. The number of non-ortho nitro benzene ring substituents is 1. The predicted molar refractivity (Wildman–Crippen MR) is 151 cm³/mol. The van der Waals surface area contributed by atoms with Gasteiger partial charge in [0.2, 0.25) is 5.69 Å². The van der Waals surface area contributed by atoms with Gasteiger partial charge in [0.05, 0.1) is 24.3 Å². The maximum atomic E-state index is 13.1. The molecule has 0 aliphatic carbocycles. The fraction of sp³-hybridized carbons (Fsp3) is 0.0690. The number of hydrogen-bond acceptors (Lipinski definition) is 7. The first kappa shape index (κ1) is 25.8. The van der Waals surface area contributed by atoms with Crippen LogP contribution in [0.4, 0.5) is 11.5 Å². The van der Waals surface area contributed by atoms with Crippen LogP contribution in [-0.2, 0) is 4.74 Å². The second-order valence-corrected chi connectivity index (χ2v) is 11.4. The second-order valence-electron chi connectivity index (χ2n) is 8.41. The SMILES string of the molecule is CCOC(=O)c1nnn(-c2ccc([N+](=O)[O-])cc2)c1N=P(c1ccccc1)(c1ccccc1)c1ccccc1. The zero-order valence-corrected chi connectivity index (χ0v) is 21.9. The number of nitro groups is 1. The van der Waals surface area contributed by atoms with Gasteiger partial charge in [-0.2, -0.15) is 4.68 Å². The minimum absolute atomic E-state index is 0.0395. The van der Waals surface area contributed by atoms with Crippen LogP contribution < -0.4 is 15.9 Å².